The van der Waals surface area contributed by atoms with Crippen LogP contribution >= 0.6 is 22.9 Å². The number of hydrogen-bond donors (Lipinski definition) is 1. The summed E-state index contributed by atoms with van der Waals surface area (Å²) in [6.07, 6.45) is 3.34. The summed E-state index contributed by atoms with van der Waals surface area (Å²) in [4.78, 5) is 6.91. The first-order valence-corrected chi connectivity index (χ1v) is 8.03. The second-order valence-electron chi connectivity index (χ2n) is 4.35. The maximum Gasteiger partial charge on any atom is 0.110 e. The molecule has 1 aromatic heterocycles. The summed E-state index contributed by atoms with van der Waals surface area (Å²) in [5.41, 5.74) is 0.953. The molecule has 0 saturated carbocycles. The van der Waals surface area contributed by atoms with Crippen LogP contribution in [0, 0.1) is 0 Å². The molecule has 0 saturated heterocycles. The largest absolute Gasteiger partial charge is 0.395 e. The predicted octanol–water partition coefficient (Wildman–Crippen LogP) is 3.43. The van der Waals surface area contributed by atoms with Crippen LogP contribution in [0.3, 0.4) is 0 Å². The minimum atomic E-state index is 0.202. The quantitative estimate of drug-likeness (QED) is 0.708. The molecule has 18 heavy (non-hydrogen) atoms. The van der Waals surface area contributed by atoms with Gasteiger partial charge in [0.1, 0.15) is 5.01 Å². The number of rotatable bonds is 9. The molecule has 0 aromatic carbocycles. The van der Waals surface area contributed by atoms with Gasteiger partial charge in [-0.1, -0.05) is 20.3 Å². The fourth-order valence-electron chi connectivity index (χ4n) is 2.04. The van der Waals surface area contributed by atoms with E-state index in [1.165, 1.54) is 6.42 Å². The third-order valence-electron chi connectivity index (χ3n) is 3.01. The molecule has 0 amide bonds. The van der Waals surface area contributed by atoms with Crippen molar-refractivity contribution in [2.75, 3.05) is 19.7 Å². The molecule has 0 aliphatic rings. The maximum absolute atomic E-state index is 9.20. The van der Waals surface area contributed by atoms with Gasteiger partial charge in [0, 0.05) is 11.9 Å². The first kappa shape index (κ1) is 15.9. The number of nitrogens with zero attached hydrogens (tertiary/aromatic N) is 2. The van der Waals surface area contributed by atoms with E-state index in [1.54, 1.807) is 11.3 Å². The summed E-state index contributed by atoms with van der Waals surface area (Å²) < 4.78 is 0. The first-order valence-electron chi connectivity index (χ1n) is 6.61. The Morgan fingerprint density at radius 1 is 1.44 bits per heavy atom. The van der Waals surface area contributed by atoms with E-state index in [1.807, 2.05) is 5.38 Å². The minimum absolute atomic E-state index is 0.202. The second-order valence-corrected chi connectivity index (χ2v) is 5.50. The summed E-state index contributed by atoms with van der Waals surface area (Å²) in [5, 5.41) is 12.4. The van der Waals surface area contributed by atoms with E-state index in [2.05, 4.69) is 23.7 Å². The van der Waals surface area contributed by atoms with Crippen molar-refractivity contribution in [3.63, 3.8) is 0 Å². The molecule has 1 atom stereocenters. The molecule has 1 rings (SSSR count). The van der Waals surface area contributed by atoms with Crippen molar-refractivity contribution in [3.8, 4) is 0 Å². The second kappa shape index (κ2) is 8.86. The van der Waals surface area contributed by atoms with Crippen LogP contribution < -0.4 is 0 Å². The Balaban J connectivity index is 2.76. The zero-order valence-electron chi connectivity index (χ0n) is 11.2. The van der Waals surface area contributed by atoms with Crippen molar-refractivity contribution < 1.29 is 5.11 Å². The average molecular weight is 291 g/mol. The van der Waals surface area contributed by atoms with E-state index in [0.717, 1.165) is 30.1 Å². The van der Waals surface area contributed by atoms with Crippen molar-refractivity contribution >= 4 is 22.9 Å². The Bertz CT molecular complexity index is 333. The van der Waals surface area contributed by atoms with Crippen molar-refractivity contribution in [1.82, 2.24) is 9.88 Å². The van der Waals surface area contributed by atoms with Gasteiger partial charge in [0.25, 0.3) is 0 Å². The van der Waals surface area contributed by atoms with Gasteiger partial charge in [-0.25, -0.2) is 4.98 Å². The van der Waals surface area contributed by atoms with Gasteiger partial charge >= 0.3 is 0 Å². The van der Waals surface area contributed by atoms with E-state index < -0.39 is 0 Å². The molecule has 3 nitrogen and oxygen atoms in total. The van der Waals surface area contributed by atoms with E-state index in [9.17, 15) is 5.11 Å². The Morgan fingerprint density at radius 3 is 2.72 bits per heavy atom. The fraction of sp³-hybridized carbons (Fsp3) is 0.769. The number of thiazole rings is 1. The summed E-state index contributed by atoms with van der Waals surface area (Å²) >= 11 is 7.48. The first-order chi connectivity index (χ1) is 8.76. The van der Waals surface area contributed by atoms with Crippen LogP contribution in [0.25, 0.3) is 0 Å². The normalized spacial score (nSPS) is 13.2. The molecule has 0 aliphatic heterocycles. The minimum Gasteiger partial charge on any atom is -0.395 e. The molecule has 1 unspecified atom stereocenters. The number of hydrogen-bond acceptors (Lipinski definition) is 4. The van der Waals surface area contributed by atoms with Crippen molar-refractivity contribution in [2.24, 2.45) is 0 Å². The third kappa shape index (κ3) is 4.50. The molecule has 0 fully saturated rings. The molecule has 1 N–H and O–H groups in total. The summed E-state index contributed by atoms with van der Waals surface area (Å²) in [6, 6.07) is 0.311. The lowest BCUT2D eigenvalue weighted by atomic mass is 10.1. The fourth-order valence-corrected chi connectivity index (χ4v) is 3.30. The number of halogens is 1. The Kier molecular flexibility index (Phi) is 7.82. The Labute approximate surface area is 119 Å². The highest BCUT2D eigenvalue weighted by Crippen LogP contribution is 2.27. The SMILES string of the molecule is CCCCN(CCO)C(CC)c1nc(CCl)cs1. The van der Waals surface area contributed by atoms with Crippen molar-refractivity contribution in [3.05, 3.63) is 16.1 Å². The molecule has 0 spiro atoms. The zero-order chi connectivity index (χ0) is 13.4. The number of aliphatic hydroxyl groups is 1. The van der Waals surface area contributed by atoms with Gasteiger partial charge < -0.3 is 5.11 Å². The monoisotopic (exact) mass is 290 g/mol. The summed E-state index contributed by atoms with van der Waals surface area (Å²) in [6.45, 7) is 6.30. The highest BCUT2D eigenvalue weighted by atomic mass is 35.5. The van der Waals surface area contributed by atoms with Crippen LogP contribution in [0.15, 0.2) is 5.38 Å². The molecular formula is C13H23ClN2OS. The number of unbranched alkanes of at least 4 members (excludes halogenated alkanes) is 1. The number of alkyl halides is 1. The lowest BCUT2D eigenvalue weighted by Gasteiger charge is -2.29. The van der Waals surface area contributed by atoms with Crippen LogP contribution in [0.4, 0.5) is 0 Å². The lowest BCUT2D eigenvalue weighted by Crippen LogP contribution is -2.32. The Hall–Kier alpha value is -0.160. The van der Waals surface area contributed by atoms with E-state index in [0.29, 0.717) is 18.5 Å². The molecule has 0 bridgehead atoms. The standard InChI is InChI=1S/C13H23ClN2OS/c1-3-5-6-16(7-8-17)12(4-2)13-15-11(9-14)10-18-13/h10,12,17H,3-9H2,1-2H3. The van der Waals surface area contributed by atoms with E-state index in [4.69, 9.17) is 11.6 Å². The van der Waals surface area contributed by atoms with Crippen LogP contribution in [0.2, 0.25) is 0 Å². The Morgan fingerprint density at radius 2 is 2.22 bits per heavy atom. The van der Waals surface area contributed by atoms with Gasteiger partial charge in [0.05, 0.1) is 24.2 Å². The van der Waals surface area contributed by atoms with E-state index in [-0.39, 0.29) is 6.61 Å². The van der Waals surface area contributed by atoms with E-state index >= 15 is 0 Å². The highest BCUT2D eigenvalue weighted by Gasteiger charge is 2.20. The van der Waals surface area contributed by atoms with Crippen molar-refractivity contribution in [1.29, 1.82) is 0 Å². The number of aromatic nitrogens is 1. The molecule has 1 heterocycles. The summed E-state index contributed by atoms with van der Waals surface area (Å²) in [7, 11) is 0. The van der Waals surface area contributed by atoms with Crippen LogP contribution in [0.1, 0.15) is 49.9 Å². The summed E-state index contributed by atoms with van der Waals surface area (Å²) in [5.74, 6) is 0.474. The van der Waals surface area contributed by atoms with Gasteiger partial charge in [-0.3, -0.25) is 4.90 Å². The molecule has 5 heteroatoms. The maximum atomic E-state index is 9.20. The van der Waals surface area contributed by atoms with Gasteiger partial charge in [0.15, 0.2) is 0 Å². The highest BCUT2D eigenvalue weighted by molar-refractivity contribution is 7.09. The number of aliphatic hydroxyl groups excluding tert-OH is 1. The predicted molar refractivity (Wildman–Crippen MR) is 78.3 cm³/mol. The lowest BCUT2D eigenvalue weighted by molar-refractivity contribution is 0.145. The van der Waals surface area contributed by atoms with Gasteiger partial charge in [-0.15, -0.1) is 22.9 Å². The molecule has 0 aliphatic carbocycles. The van der Waals surface area contributed by atoms with Gasteiger partial charge in [-0.2, -0.15) is 0 Å². The average Bonchev–Trinajstić information content (AvgIpc) is 2.85. The molecular weight excluding hydrogens is 268 g/mol. The molecule has 104 valence electrons. The van der Waals surface area contributed by atoms with Crippen LogP contribution in [0.5, 0.6) is 0 Å². The molecule has 0 radical (unpaired) electrons. The molecule has 1 aromatic rings. The van der Waals surface area contributed by atoms with Crippen LogP contribution in [-0.4, -0.2) is 34.7 Å². The van der Waals surface area contributed by atoms with Crippen LogP contribution in [-0.2, 0) is 5.88 Å². The zero-order valence-corrected chi connectivity index (χ0v) is 12.8. The third-order valence-corrected chi connectivity index (χ3v) is 4.27. The van der Waals surface area contributed by atoms with Gasteiger partial charge in [-0.05, 0) is 19.4 Å². The van der Waals surface area contributed by atoms with Crippen molar-refractivity contribution in [2.45, 2.75) is 45.0 Å². The van der Waals surface area contributed by atoms with Gasteiger partial charge in [0.2, 0.25) is 0 Å². The topological polar surface area (TPSA) is 36.4 Å². The smallest absolute Gasteiger partial charge is 0.110 e.